The first-order valence-electron chi connectivity index (χ1n) is 10.3. The van der Waals surface area contributed by atoms with Crippen LogP contribution in [0.3, 0.4) is 0 Å². The lowest BCUT2D eigenvalue weighted by Crippen LogP contribution is -2.38. The Kier molecular flexibility index (Phi) is 6.61. The summed E-state index contributed by atoms with van der Waals surface area (Å²) < 4.78 is 11.0. The molecule has 0 radical (unpaired) electrons. The van der Waals surface area contributed by atoms with Gasteiger partial charge in [0.1, 0.15) is 11.5 Å². The molecule has 0 aromatic heterocycles. The van der Waals surface area contributed by atoms with Crippen molar-refractivity contribution in [2.75, 3.05) is 23.4 Å². The van der Waals surface area contributed by atoms with Gasteiger partial charge in [0.05, 0.1) is 25.3 Å². The Bertz CT molecular complexity index is 1130. The van der Waals surface area contributed by atoms with E-state index in [0.717, 1.165) is 16.9 Å². The molecule has 0 fully saturated rings. The number of carbonyl (C=O) groups is 2. The molecule has 1 heterocycles. The molecule has 0 aliphatic carbocycles. The molecular formula is C25H23ClN2O4. The SMILES string of the molecule is CCOc1ccc(CC(=O)Nc2ccc3c(c2)N(Cc2cccc(Cl)c2)C(=O)CO3)cc1. The maximum absolute atomic E-state index is 12.6. The van der Waals surface area contributed by atoms with Gasteiger partial charge in [0.2, 0.25) is 5.91 Å². The molecule has 0 saturated carbocycles. The Labute approximate surface area is 191 Å². The van der Waals surface area contributed by atoms with Crippen molar-refractivity contribution in [2.45, 2.75) is 19.9 Å². The van der Waals surface area contributed by atoms with E-state index in [-0.39, 0.29) is 24.8 Å². The molecule has 1 aliphatic rings. The van der Waals surface area contributed by atoms with E-state index < -0.39 is 0 Å². The summed E-state index contributed by atoms with van der Waals surface area (Å²) >= 11 is 6.09. The minimum atomic E-state index is -0.157. The van der Waals surface area contributed by atoms with Gasteiger partial charge in [-0.15, -0.1) is 0 Å². The molecule has 7 heteroatoms. The highest BCUT2D eigenvalue weighted by molar-refractivity contribution is 6.30. The molecule has 3 aromatic carbocycles. The predicted molar refractivity (Wildman–Crippen MR) is 125 cm³/mol. The van der Waals surface area contributed by atoms with Crippen molar-refractivity contribution in [2.24, 2.45) is 0 Å². The fourth-order valence-corrected chi connectivity index (χ4v) is 3.74. The number of nitrogens with one attached hydrogen (secondary N) is 1. The first-order chi connectivity index (χ1) is 15.5. The highest BCUT2D eigenvalue weighted by Crippen LogP contribution is 2.35. The molecule has 0 atom stereocenters. The highest BCUT2D eigenvalue weighted by Gasteiger charge is 2.26. The van der Waals surface area contributed by atoms with E-state index in [1.807, 2.05) is 49.4 Å². The third kappa shape index (κ3) is 5.21. The second-order valence-electron chi connectivity index (χ2n) is 7.38. The van der Waals surface area contributed by atoms with Crippen LogP contribution >= 0.6 is 11.6 Å². The van der Waals surface area contributed by atoms with Crippen LogP contribution < -0.4 is 19.7 Å². The van der Waals surface area contributed by atoms with Crippen LogP contribution in [0.15, 0.2) is 66.7 Å². The Balaban J connectivity index is 1.48. The molecule has 0 spiro atoms. The van der Waals surface area contributed by atoms with Crippen molar-refractivity contribution in [1.29, 1.82) is 0 Å². The van der Waals surface area contributed by atoms with E-state index in [1.54, 1.807) is 29.2 Å². The largest absolute Gasteiger partial charge is 0.494 e. The monoisotopic (exact) mass is 450 g/mol. The van der Waals surface area contributed by atoms with Gasteiger partial charge in [-0.25, -0.2) is 0 Å². The number of carbonyl (C=O) groups excluding carboxylic acids is 2. The predicted octanol–water partition coefficient (Wildman–Crippen LogP) is 4.85. The van der Waals surface area contributed by atoms with E-state index in [9.17, 15) is 9.59 Å². The second-order valence-corrected chi connectivity index (χ2v) is 7.82. The van der Waals surface area contributed by atoms with Crippen LogP contribution in [0.1, 0.15) is 18.1 Å². The number of rotatable bonds is 7. The first-order valence-corrected chi connectivity index (χ1v) is 10.7. The van der Waals surface area contributed by atoms with Gasteiger partial charge in [0.25, 0.3) is 5.91 Å². The molecule has 32 heavy (non-hydrogen) atoms. The quantitative estimate of drug-likeness (QED) is 0.559. The lowest BCUT2D eigenvalue weighted by Gasteiger charge is -2.30. The molecule has 3 aromatic rings. The van der Waals surface area contributed by atoms with Gasteiger partial charge in [0.15, 0.2) is 6.61 Å². The molecule has 6 nitrogen and oxygen atoms in total. The molecule has 1 N–H and O–H groups in total. The molecule has 0 bridgehead atoms. The van der Waals surface area contributed by atoms with Gasteiger partial charge in [0, 0.05) is 10.7 Å². The fraction of sp³-hybridized carbons (Fsp3) is 0.200. The van der Waals surface area contributed by atoms with Gasteiger partial charge < -0.3 is 19.7 Å². The van der Waals surface area contributed by atoms with Crippen molar-refractivity contribution >= 4 is 34.8 Å². The molecule has 1 aliphatic heterocycles. The number of hydrogen-bond acceptors (Lipinski definition) is 4. The normalized spacial score (nSPS) is 12.7. The summed E-state index contributed by atoms with van der Waals surface area (Å²) in [5.74, 6) is 1.06. The average molecular weight is 451 g/mol. The van der Waals surface area contributed by atoms with Crippen LogP contribution in [-0.2, 0) is 22.6 Å². The van der Waals surface area contributed by atoms with Gasteiger partial charge in [-0.05, 0) is 60.5 Å². The standard InChI is InChI=1S/C25H23ClN2O4/c1-2-31-21-9-6-17(7-10-21)13-24(29)27-20-8-11-23-22(14-20)28(25(30)16-32-23)15-18-4-3-5-19(26)12-18/h3-12,14H,2,13,15-16H2,1H3,(H,27,29). The van der Waals surface area contributed by atoms with E-state index in [4.69, 9.17) is 21.1 Å². The van der Waals surface area contributed by atoms with Crippen molar-refractivity contribution in [1.82, 2.24) is 0 Å². The molecule has 2 amide bonds. The van der Waals surface area contributed by atoms with E-state index >= 15 is 0 Å². The maximum Gasteiger partial charge on any atom is 0.265 e. The van der Waals surface area contributed by atoms with Crippen LogP contribution in [0, 0.1) is 0 Å². The Morgan fingerprint density at radius 2 is 1.91 bits per heavy atom. The van der Waals surface area contributed by atoms with Crippen LogP contribution in [0.5, 0.6) is 11.5 Å². The maximum atomic E-state index is 12.6. The van der Waals surface area contributed by atoms with Crippen LogP contribution in [0.4, 0.5) is 11.4 Å². The van der Waals surface area contributed by atoms with Crippen molar-refractivity contribution in [3.05, 3.63) is 82.9 Å². The van der Waals surface area contributed by atoms with Gasteiger partial charge >= 0.3 is 0 Å². The van der Waals surface area contributed by atoms with Crippen molar-refractivity contribution < 1.29 is 19.1 Å². The molecule has 164 valence electrons. The Hall–Kier alpha value is -3.51. The number of hydrogen-bond donors (Lipinski definition) is 1. The zero-order valence-electron chi connectivity index (χ0n) is 17.6. The summed E-state index contributed by atoms with van der Waals surface area (Å²) in [6.45, 7) is 2.85. The number of halogens is 1. The second kappa shape index (κ2) is 9.75. The Morgan fingerprint density at radius 3 is 2.66 bits per heavy atom. The lowest BCUT2D eigenvalue weighted by molar-refractivity contribution is -0.121. The third-order valence-electron chi connectivity index (χ3n) is 5.01. The van der Waals surface area contributed by atoms with Gasteiger partial charge in [-0.3, -0.25) is 9.59 Å². The first kappa shape index (κ1) is 21.7. The molecule has 4 rings (SSSR count). The zero-order valence-corrected chi connectivity index (χ0v) is 18.4. The average Bonchev–Trinajstić information content (AvgIpc) is 2.77. The number of fused-ring (bicyclic) bond motifs is 1. The van der Waals surface area contributed by atoms with Crippen molar-refractivity contribution in [3.8, 4) is 11.5 Å². The van der Waals surface area contributed by atoms with E-state index in [1.165, 1.54) is 0 Å². The van der Waals surface area contributed by atoms with E-state index in [2.05, 4.69) is 5.32 Å². The Morgan fingerprint density at radius 1 is 1.09 bits per heavy atom. The minimum absolute atomic E-state index is 0.0307. The highest BCUT2D eigenvalue weighted by atomic mass is 35.5. The zero-order chi connectivity index (χ0) is 22.5. The number of nitrogens with zero attached hydrogens (tertiary/aromatic N) is 1. The summed E-state index contributed by atoms with van der Waals surface area (Å²) in [5.41, 5.74) is 2.99. The molecule has 0 saturated heterocycles. The van der Waals surface area contributed by atoms with Crippen molar-refractivity contribution in [3.63, 3.8) is 0 Å². The third-order valence-corrected chi connectivity index (χ3v) is 5.25. The summed E-state index contributed by atoms with van der Waals surface area (Å²) in [6.07, 6.45) is 0.227. The summed E-state index contributed by atoms with van der Waals surface area (Å²) in [5, 5.41) is 3.51. The number of anilines is 2. The van der Waals surface area contributed by atoms with Crippen LogP contribution in [0.25, 0.3) is 0 Å². The molecule has 0 unspecified atom stereocenters. The minimum Gasteiger partial charge on any atom is -0.494 e. The summed E-state index contributed by atoms with van der Waals surface area (Å²) in [4.78, 5) is 26.8. The summed E-state index contributed by atoms with van der Waals surface area (Å²) in [6, 6.07) is 20.1. The number of ether oxygens (including phenoxy) is 2. The van der Waals surface area contributed by atoms with Crippen LogP contribution in [0.2, 0.25) is 5.02 Å². The van der Waals surface area contributed by atoms with Gasteiger partial charge in [-0.1, -0.05) is 35.9 Å². The van der Waals surface area contributed by atoms with Crippen LogP contribution in [-0.4, -0.2) is 25.0 Å². The lowest BCUT2D eigenvalue weighted by atomic mass is 10.1. The van der Waals surface area contributed by atoms with Gasteiger partial charge in [-0.2, -0.15) is 0 Å². The smallest absolute Gasteiger partial charge is 0.265 e. The number of amides is 2. The molecular weight excluding hydrogens is 428 g/mol. The fourth-order valence-electron chi connectivity index (χ4n) is 3.53. The number of benzene rings is 3. The summed E-state index contributed by atoms with van der Waals surface area (Å²) in [7, 11) is 0. The topological polar surface area (TPSA) is 67.9 Å². The van der Waals surface area contributed by atoms with E-state index in [0.29, 0.717) is 35.3 Å².